The fourth-order valence-electron chi connectivity index (χ4n) is 4.10. The van der Waals surface area contributed by atoms with Crippen molar-refractivity contribution in [1.82, 2.24) is 4.57 Å². The lowest BCUT2D eigenvalue weighted by Gasteiger charge is -2.08. The van der Waals surface area contributed by atoms with Crippen LogP contribution < -0.4 is 9.54 Å². The van der Waals surface area contributed by atoms with Crippen molar-refractivity contribution in [2.45, 2.75) is 0 Å². The van der Waals surface area contributed by atoms with Crippen LogP contribution in [0.15, 0.2) is 114 Å². The number of methoxy groups -OCH3 is 1. The van der Waals surface area contributed by atoms with Crippen LogP contribution in [0.25, 0.3) is 32.8 Å². The van der Waals surface area contributed by atoms with Gasteiger partial charge in [-0.05, 0) is 52.6 Å². The predicted molar refractivity (Wildman–Crippen MR) is 142 cm³/mol. The van der Waals surface area contributed by atoms with E-state index in [4.69, 9.17) is 4.74 Å². The Labute approximate surface area is 208 Å². The molecule has 0 aliphatic carbocycles. The molecule has 1 heterocycles. The van der Waals surface area contributed by atoms with Gasteiger partial charge in [-0.25, -0.2) is 0 Å². The number of amides is 1. The topological polar surface area (TPSA) is 43.6 Å². The standard InChI is InChI=1S/C30H24N2O2S/c1-32-27(22-17-19-24(34-2)20-18-22)28(23-13-7-4-8-14-23)35-30(32)31-29(33)26-16-10-9-15-25(26)21-11-5-3-6-12-21/h3-20H,1-2H3. The highest BCUT2D eigenvalue weighted by atomic mass is 32.1. The molecule has 35 heavy (non-hydrogen) atoms. The van der Waals surface area contributed by atoms with E-state index in [1.807, 2.05) is 109 Å². The number of benzene rings is 4. The van der Waals surface area contributed by atoms with Crippen molar-refractivity contribution in [1.29, 1.82) is 0 Å². The van der Waals surface area contributed by atoms with Crippen LogP contribution in [-0.2, 0) is 7.05 Å². The molecule has 0 bridgehead atoms. The molecule has 4 nitrogen and oxygen atoms in total. The zero-order valence-electron chi connectivity index (χ0n) is 19.5. The van der Waals surface area contributed by atoms with Crippen LogP contribution in [0, 0.1) is 0 Å². The molecule has 0 aliphatic rings. The van der Waals surface area contributed by atoms with Gasteiger partial charge in [-0.3, -0.25) is 4.79 Å². The monoisotopic (exact) mass is 476 g/mol. The molecule has 0 spiro atoms. The van der Waals surface area contributed by atoms with E-state index in [2.05, 4.69) is 17.1 Å². The molecular weight excluding hydrogens is 452 g/mol. The van der Waals surface area contributed by atoms with Gasteiger partial charge in [0.1, 0.15) is 5.75 Å². The summed E-state index contributed by atoms with van der Waals surface area (Å²) in [7, 11) is 3.61. The summed E-state index contributed by atoms with van der Waals surface area (Å²) in [4.78, 5) is 19.7. The van der Waals surface area contributed by atoms with E-state index in [0.717, 1.165) is 38.6 Å². The van der Waals surface area contributed by atoms with E-state index in [1.54, 1.807) is 7.11 Å². The number of thiazole rings is 1. The van der Waals surface area contributed by atoms with E-state index < -0.39 is 0 Å². The molecule has 0 fully saturated rings. The summed E-state index contributed by atoms with van der Waals surface area (Å²) in [6.45, 7) is 0. The number of rotatable bonds is 5. The molecule has 4 aromatic carbocycles. The van der Waals surface area contributed by atoms with Crippen LogP contribution >= 0.6 is 11.3 Å². The minimum absolute atomic E-state index is 0.262. The summed E-state index contributed by atoms with van der Waals surface area (Å²) >= 11 is 1.51. The predicted octanol–water partition coefficient (Wildman–Crippen LogP) is 6.84. The summed E-state index contributed by atoms with van der Waals surface area (Å²) in [6, 6.07) is 35.7. The molecule has 1 aromatic heterocycles. The molecular formula is C30H24N2O2S. The van der Waals surface area contributed by atoms with E-state index in [0.29, 0.717) is 10.4 Å². The van der Waals surface area contributed by atoms with Gasteiger partial charge in [-0.2, -0.15) is 4.99 Å². The summed E-state index contributed by atoms with van der Waals surface area (Å²) in [5, 5.41) is 0. The molecule has 5 heteroatoms. The maximum Gasteiger partial charge on any atom is 0.280 e. The highest BCUT2D eigenvalue weighted by Crippen LogP contribution is 2.35. The highest BCUT2D eigenvalue weighted by molar-refractivity contribution is 7.13. The number of hydrogen-bond acceptors (Lipinski definition) is 3. The van der Waals surface area contributed by atoms with Crippen LogP contribution in [0.1, 0.15) is 10.4 Å². The first-order chi connectivity index (χ1) is 17.2. The average Bonchev–Trinajstić information content (AvgIpc) is 3.25. The van der Waals surface area contributed by atoms with Gasteiger partial charge in [-0.1, -0.05) is 90.2 Å². The molecule has 0 N–H and O–H groups in total. The van der Waals surface area contributed by atoms with Crippen molar-refractivity contribution >= 4 is 17.2 Å². The lowest BCUT2D eigenvalue weighted by molar-refractivity contribution is 0.0998. The number of ether oxygens (including phenoxy) is 1. The van der Waals surface area contributed by atoms with Crippen molar-refractivity contribution in [3.8, 4) is 38.6 Å². The smallest absolute Gasteiger partial charge is 0.280 e. The average molecular weight is 477 g/mol. The van der Waals surface area contributed by atoms with Crippen LogP contribution in [0.2, 0.25) is 0 Å². The lowest BCUT2D eigenvalue weighted by atomic mass is 9.99. The summed E-state index contributed by atoms with van der Waals surface area (Å²) in [5.74, 6) is 0.535. The Morgan fingerprint density at radius 1 is 0.743 bits per heavy atom. The normalized spacial score (nSPS) is 11.4. The van der Waals surface area contributed by atoms with Crippen molar-refractivity contribution in [2.75, 3.05) is 7.11 Å². The Balaban J connectivity index is 1.65. The number of aromatic nitrogens is 1. The van der Waals surface area contributed by atoms with Gasteiger partial charge in [0.25, 0.3) is 5.91 Å². The second-order valence-electron chi connectivity index (χ2n) is 8.04. The molecule has 1 amide bonds. The minimum Gasteiger partial charge on any atom is -0.497 e. The van der Waals surface area contributed by atoms with Crippen molar-refractivity contribution in [3.05, 3.63) is 120 Å². The van der Waals surface area contributed by atoms with Crippen molar-refractivity contribution in [2.24, 2.45) is 12.0 Å². The van der Waals surface area contributed by atoms with E-state index in [-0.39, 0.29) is 5.91 Å². The maximum absolute atomic E-state index is 13.4. The van der Waals surface area contributed by atoms with E-state index >= 15 is 0 Å². The Morgan fingerprint density at radius 2 is 1.34 bits per heavy atom. The van der Waals surface area contributed by atoms with E-state index in [1.165, 1.54) is 11.3 Å². The molecule has 0 radical (unpaired) electrons. The summed E-state index contributed by atoms with van der Waals surface area (Å²) < 4.78 is 7.34. The molecule has 0 saturated carbocycles. The number of hydrogen-bond donors (Lipinski definition) is 0. The fourth-order valence-corrected chi connectivity index (χ4v) is 5.24. The largest absolute Gasteiger partial charge is 0.497 e. The molecule has 172 valence electrons. The van der Waals surface area contributed by atoms with Gasteiger partial charge >= 0.3 is 0 Å². The third-order valence-corrected chi connectivity index (χ3v) is 7.05. The van der Waals surface area contributed by atoms with Crippen molar-refractivity contribution < 1.29 is 9.53 Å². The summed E-state index contributed by atoms with van der Waals surface area (Å²) in [5.41, 5.74) is 5.57. The SMILES string of the molecule is COc1ccc(-c2c(-c3ccccc3)sc(=NC(=O)c3ccccc3-c3ccccc3)n2C)cc1. The first-order valence-corrected chi connectivity index (χ1v) is 12.1. The Hall–Kier alpha value is -4.22. The summed E-state index contributed by atoms with van der Waals surface area (Å²) in [6.07, 6.45) is 0. The number of carbonyl (C=O) groups is 1. The number of nitrogens with zero attached hydrogens (tertiary/aromatic N) is 2. The zero-order chi connectivity index (χ0) is 24.2. The first kappa shape index (κ1) is 22.6. The third-order valence-electron chi connectivity index (χ3n) is 5.87. The molecule has 0 atom stereocenters. The van der Waals surface area contributed by atoms with E-state index in [9.17, 15) is 4.79 Å². The van der Waals surface area contributed by atoms with Gasteiger partial charge in [0.15, 0.2) is 4.80 Å². The molecule has 5 aromatic rings. The number of carbonyl (C=O) groups excluding carboxylic acids is 1. The zero-order valence-corrected chi connectivity index (χ0v) is 20.3. The second kappa shape index (κ2) is 9.95. The van der Waals surface area contributed by atoms with Crippen LogP contribution in [0.5, 0.6) is 5.75 Å². The van der Waals surface area contributed by atoms with Crippen molar-refractivity contribution in [3.63, 3.8) is 0 Å². The Bertz CT molecular complexity index is 1530. The van der Waals surface area contributed by atoms with Gasteiger partial charge in [-0.15, -0.1) is 0 Å². The van der Waals surface area contributed by atoms with Gasteiger partial charge in [0.05, 0.1) is 17.7 Å². The molecule has 5 rings (SSSR count). The highest BCUT2D eigenvalue weighted by Gasteiger charge is 2.17. The third kappa shape index (κ3) is 4.59. The quantitative estimate of drug-likeness (QED) is 0.279. The molecule has 0 aliphatic heterocycles. The maximum atomic E-state index is 13.4. The molecule has 0 saturated heterocycles. The van der Waals surface area contributed by atoms with Crippen LogP contribution in [-0.4, -0.2) is 17.6 Å². The first-order valence-electron chi connectivity index (χ1n) is 11.3. The van der Waals surface area contributed by atoms with Gasteiger partial charge < -0.3 is 9.30 Å². The lowest BCUT2D eigenvalue weighted by Crippen LogP contribution is -2.14. The fraction of sp³-hybridized carbons (Fsp3) is 0.0667. The Kier molecular flexibility index (Phi) is 6.42. The van der Waals surface area contributed by atoms with Crippen LogP contribution in [0.4, 0.5) is 0 Å². The minimum atomic E-state index is -0.262. The Morgan fingerprint density at radius 3 is 2.00 bits per heavy atom. The van der Waals surface area contributed by atoms with Gasteiger partial charge in [0, 0.05) is 12.6 Å². The second-order valence-corrected chi connectivity index (χ2v) is 9.02. The van der Waals surface area contributed by atoms with Gasteiger partial charge in [0.2, 0.25) is 0 Å². The molecule has 0 unspecified atom stereocenters. The van der Waals surface area contributed by atoms with Crippen LogP contribution in [0.3, 0.4) is 0 Å².